The van der Waals surface area contributed by atoms with Crippen LogP contribution in [0.1, 0.15) is 40.0 Å². The number of amides is 1. The van der Waals surface area contributed by atoms with E-state index in [1.54, 1.807) is 0 Å². The van der Waals surface area contributed by atoms with E-state index in [-0.39, 0.29) is 17.5 Å². The lowest BCUT2D eigenvalue weighted by molar-refractivity contribution is -0.125. The van der Waals surface area contributed by atoms with E-state index in [4.69, 9.17) is 10.5 Å². The third-order valence-electron chi connectivity index (χ3n) is 3.08. The molecule has 0 aromatic heterocycles. The van der Waals surface area contributed by atoms with Gasteiger partial charge in [0.15, 0.2) is 0 Å². The average Bonchev–Trinajstić information content (AvgIpc) is 2.16. The lowest BCUT2D eigenvalue weighted by atomic mass is 9.91. The quantitative estimate of drug-likeness (QED) is 0.756. The van der Waals surface area contributed by atoms with E-state index in [0.717, 1.165) is 32.5 Å². The van der Waals surface area contributed by atoms with Gasteiger partial charge in [0, 0.05) is 18.8 Å². The maximum Gasteiger partial charge on any atom is 0.237 e. The van der Waals surface area contributed by atoms with Crippen molar-refractivity contribution in [1.29, 1.82) is 0 Å². The molecular weight excluding hydrogens is 204 g/mol. The SMILES string of the molecule is CC(C)CC(N)C(=O)NC1(C)CCOCC1. The van der Waals surface area contributed by atoms with Crippen molar-refractivity contribution in [2.75, 3.05) is 13.2 Å². The van der Waals surface area contributed by atoms with Crippen molar-refractivity contribution < 1.29 is 9.53 Å². The summed E-state index contributed by atoms with van der Waals surface area (Å²) in [5, 5.41) is 3.06. The van der Waals surface area contributed by atoms with E-state index in [1.165, 1.54) is 0 Å². The maximum atomic E-state index is 11.9. The van der Waals surface area contributed by atoms with Crippen LogP contribution in [0.15, 0.2) is 0 Å². The first-order valence-electron chi connectivity index (χ1n) is 6.08. The van der Waals surface area contributed by atoms with Gasteiger partial charge in [-0.2, -0.15) is 0 Å². The third kappa shape index (κ3) is 4.10. The summed E-state index contributed by atoms with van der Waals surface area (Å²) in [6.07, 6.45) is 2.47. The molecule has 0 spiro atoms. The van der Waals surface area contributed by atoms with Gasteiger partial charge in [-0.3, -0.25) is 4.79 Å². The van der Waals surface area contributed by atoms with Crippen molar-refractivity contribution in [3.05, 3.63) is 0 Å². The van der Waals surface area contributed by atoms with E-state index >= 15 is 0 Å². The van der Waals surface area contributed by atoms with Crippen LogP contribution in [0.25, 0.3) is 0 Å². The van der Waals surface area contributed by atoms with Crippen molar-refractivity contribution >= 4 is 5.91 Å². The molecule has 0 bridgehead atoms. The Labute approximate surface area is 97.9 Å². The Kier molecular flexibility index (Phi) is 4.74. The van der Waals surface area contributed by atoms with Gasteiger partial charge >= 0.3 is 0 Å². The fourth-order valence-corrected chi connectivity index (χ4v) is 1.95. The molecule has 0 radical (unpaired) electrons. The summed E-state index contributed by atoms with van der Waals surface area (Å²) in [5.41, 5.74) is 5.72. The molecule has 1 amide bonds. The molecule has 1 unspecified atom stereocenters. The van der Waals surface area contributed by atoms with Crippen LogP contribution in [0.2, 0.25) is 0 Å². The van der Waals surface area contributed by atoms with E-state index < -0.39 is 0 Å². The molecule has 0 aliphatic carbocycles. The molecule has 1 aliphatic heterocycles. The Morgan fingerprint density at radius 2 is 2.00 bits per heavy atom. The lowest BCUT2D eigenvalue weighted by Crippen LogP contribution is -2.54. The minimum absolute atomic E-state index is 0.0295. The van der Waals surface area contributed by atoms with Gasteiger partial charge in [0.25, 0.3) is 0 Å². The first-order valence-corrected chi connectivity index (χ1v) is 6.08. The molecule has 4 nitrogen and oxygen atoms in total. The minimum atomic E-state index is -0.389. The zero-order valence-electron chi connectivity index (χ0n) is 10.6. The summed E-state index contributed by atoms with van der Waals surface area (Å²) in [5.74, 6) is 0.418. The topological polar surface area (TPSA) is 64.4 Å². The molecule has 16 heavy (non-hydrogen) atoms. The molecule has 0 saturated carbocycles. The van der Waals surface area contributed by atoms with Crippen molar-refractivity contribution in [3.63, 3.8) is 0 Å². The predicted molar refractivity (Wildman–Crippen MR) is 64.0 cm³/mol. The zero-order valence-corrected chi connectivity index (χ0v) is 10.6. The highest BCUT2D eigenvalue weighted by Crippen LogP contribution is 2.20. The monoisotopic (exact) mass is 228 g/mol. The first kappa shape index (κ1) is 13.5. The summed E-state index contributed by atoms with van der Waals surface area (Å²) in [6.45, 7) is 7.65. The summed E-state index contributed by atoms with van der Waals surface area (Å²) < 4.78 is 5.29. The van der Waals surface area contributed by atoms with Crippen molar-refractivity contribution in [2.24, 2.45) is 11.7 Å². The number of carbonyl (C=O) groups is 1. The highest BCUT2D eigenvalue weighted by atomic mass is 16.5. The normalized spacial score (nSPS) is 21.8. The summed E-state index contributed by atoms with van der Waals surface area (Å²) in [7, 11) is 0. The molecule has 1 heterocycles. The van der Waals surface area contributed by atoms with Crippen LogP contribution < -0.4 is 11.1 Å². The molecule has 1 atom stereocenters. The van der Waals surface area contributed by atoms with Crippen LogP contribution in [0, 0.1) is 5.92 Å². The van der Waals surface area contributed by atoms with E-state index in [2.05, 4.69) is 26.1 Å². The molecule has 0 aromatic carbocycles. The second-order valence-corrected chi connectivity index (χ2v) is 5.40. The van der Waals surface area contributed by atoms with Gasteiger partial charge in [-0.1, -0.05) is 13.8 Å². The Morgan fingerprint density at radius 1 is 1.44 bits per heavy atom. The van der Waals surface area contributed by atoms with E-state index in [0.29, 0.717) is 5.92 Å². The van der Waals surface area contributed by atoms with Gasteiger partial charge < -0.3 is 15.8 Å². The summed E-state index contributed by atoms with van der Waals surface area (Å²) in [6, 6.07) is -0.389. The molecule has 1 saturated heterocycles. The summed E-state index contributed by atoms with van der Waals surface area (Å²) >= 11 is 0. The highest BCUT2D eigenvalue weighted by molar-refractivity contribution is 5.82. The first-order chi connectivity index (χ1) is 7.43. The lowest BCUT2D eigenvalue weighted by Gasteiger charge is -2.35. The average molecular weight is 228 g/mol. The van der Waals surface area contributed by atoms with Crippen molar-refractivity contribution in [2.45, 2.75) is 51.6 Å². The number of hydrogen-bond donors (Lipinski definition) is 2. The Hall–Kier alpha value is -0.610. The van der Waals surface area contributed by atoms with Crippen LogP contribution in [0.3, 0.4) is 0 Å². The molecule has 1 aliphatic rings. The Balaban J connectivity index is 2.43. The van der Waals surface area contributed by atoms with Gasteiger partial charge in [-0.05, 0) is 32.1 Å². The van der Waals surface area contributed by atoms with Gasteiger partial charge in [0.1, 0.15) is 0 Å². The molecular formula is C12H24N2O2. The summed E-state index contributed by atoms with van der Waals surface area (Å²) in [4.78, 5) is 11.9. The Morgan fingerprint density at radius 3 is 2.50 bits per heavy atom. The number of carbonyl (C=O) groups excluding carboxylic acids is 1. The van der Waals surface area contributed by atoms with Crippen molar-refractivity contribution in [1.82, 2.24) is 5.32 Å². The number of nitrogens with two attached hydrogens (primary N) is 1. The number of nitrogens with one attached hydrogen (secondary N) is 1. The molecule has 1 rings (SSSR count). The van der Waals surface area contributed by atoms with Gasteiger partial charge in [0.2, 0.25) is 5.91 Å². The van der Waals surface area contributed by atoms with Crippen LogP contribution in [-0.2, 0) is 9.53 Å². The highest BCUT2D eigenvalue weighted by Gasteiger charge is 2.30. The van der Waals surface area contributed by atoms with E-state index in [9.17, 15) is 4.79 Å². The number of rotatable bonds is 4. The molecule has 4 heteroatoms. The molecule has 94 valence electrons. The van der Waals surface area contributed by atoms with Crippen LogP contribution in [0.4, 0.5) is 0 Å². The number of ether oxygens (including phenoxy) is 1. The molecule has 0 aromatic rings. The van der Waals surface area contributed by atoms with E-state index in [1.807, 2.05) is 0 Å². The molecule has 3 N–H and O–H groups in total. The molecule has 1 fully saturated rings. The largest absolute Gasteiger partial charge is 0.381 e. The van der Waals surface area contributed by atoms with Crippen molar-refractivity contribution in [3.8, 4) is 0 Å². The Bertz CT molecular complexity index is 235. The third-order valence-corrected chi connectivity index (χ3v) is 3.08. The second kappa shape index (κ2) is 5.64. The van der Waals surface area contributed by atoms with Crippen LogP contribution in [0.5, 0.6) is 0 Å². The van der Waals surface area contributed by atoms with Crippen LogP contribution in [-0.4, -0.2) is 30.7 Å². The van der Waals surface area contributed by atoms with Gasteiger partial charge in [0.05, 0.1) is 6.04 Å². The zero-order chi connectivity index (χ0) is 12.2. The fraction of sp³-hybridized carbons (Fsp3) is 0.917. The smallest absolute Gasteiger partial charge is 0.237 e. The minimum Gasteiger partial charge on any atom is -0.381 e. The number of hydrogen-bond acceptors (Lipinski definition) is 3. The van der Waals surface area contributed by atoms with Crippen LogP contribution >= 0.6 is 0 Å². The van der Waals surface area contributed by atoms with Gasteiger partial charge in [-0.15, -0.1) is 0 Å². The fourth-order valence-electron chi connectivity index (χ4n) is 1.95. The second-order valence-electron chi connectivity index (χ2n) is 5.40. The predicted octanol–water partition coefficient (Wildman–Crippen LogP) is 1.05. The van der Waals surface area contributed by atoms with Gasteiger partial charge in [-0.25, -0.2) is 0 Å². The maximum absolute atomic E-state index is 11.9. The standard InChI is InChI=1S/C12H24N2O2/c1-9(2)8-10(13)11(15)14-12(3)4-6-16-7-5-12/h9-10H,4-8,13H2,1-3H3,(H,14,15).